The third kappa shape index (κ3) is 4.42. The summed E-state index contributed by atoms with van der Waals surface area (Å²) >= 11 is 0. The number of nitrogens with two attached hydrogens (primary N) is 1. The zero-order valence-electron chi connectivity index (χ0n) is 16.2. The summed E-state index contributed by atoms with van der Waals surface area (Å²) in [5.74, 6) is 1.03. The van der Waals surface area contributed by atoms with Gasteiger partial charge in [0.25, 0.3) is 0 Å². The van der Waals surface area contributed by atoms with E-state index in [1.165, 1.54) is 5.56 Å². The fourth-order valence-electron chi connectivity index (χ4n) is 3.62. The summed E-state index contributed by atoms with van der Waals surface area (Å²) in [6.45, 7) is 5.31. The third-order valence-corrected chi connectivity index (χ3v) is 4.97. The molecule has 27 heavy (non-hydrogen) atoms. The molecule has 144 valence electrons. The normalized spacial score (nSPS) is 18.7. The summed E-state index contributed by atoms with van der Waals surface area (Å²) in [7, 11) is 0. The molecule has 2 aromatic carbocycles. The molecule has 0 fully saturated rings. The molecule has 0 unspecified atom stereocenters. The van der Waals surface area contributed by atoms with E-state index < -0.39 is 0 Å². The zero-order chi connectivity index (χ0) is 19.2. The molecule has 1 aliphatic heterocycles. The van der Waals surface area contributed by atoms with Crippen molar-refractivity contribution in [1.29, 1.82) is 0 Å². The molecular formula is C22H29N3O2. The van der Waals surface area contributed by atoms with Crippen molar-refractivity contribution >= 4 is 17.3 Å². The molecule has 0 aromatic heterocycles. The summed E-state index contributed by atoms with van der Waals surface area (Å²) in [5.41, 5.74) is 8.72. The molecule has 5 heteroatoms. The lowest BCUT2D eigenvalue weighted by molar-refractivity contribution is -0.118. The first-order valence-corrected chi connectivity index (χ1v) is 9.74. The van der Waals surface area contributed by atoms with Crippen molar-refractivity contribution in [2.45, 2.75) is 45.2 Å². The van der Waals surface area contributed by atoms with Gasteiger partial charge < -0.3 is 20.7 Å². The Bertz CT molecular complexity index is 760. The Balaban J connectivity index is 1.76. The van der Waals surface area contributed by atoms with E-state index in [2.05, 4.69) is 18.3 Å². The number of nitrogens with zero attached hydrogens (tertiary/aromatic N) is 1. The van der Waals surface area contributed by atoms with E-state index in [0.29, 0.717) is 19.6 Å². The molecule has 0 radical (unpaired) electrons. The lowest BCUT2D eigenvalue weighted by atomic mass is 9.91. The van der Waals surface area contributed by atoms with Crippen LogP contribution in [0.2, 0.25) is 0 Å². The Morgan fingerprint density at radius 1 is 1.22 bits per heavy atom. The van der Waals surface area contributed by atoms with Gasteiger partial charge in [0.15, 0.2) is 0 Å². The summed E-state index contributed by atoms with van der Waals surface area (Å²) in [6, 6.07) is 16.5. The molecule has 0 aliphatic carbocycles. The smallest absolute Gasteiger partial charge is 0.226 e. The first-order chi connectivity index (χ1) is 13.1. The molecule has 0 saturated heterocycles. The Morgan fingerprint density at radius 2 is 1.96 bits per heavy atom. The van der Waals surface area contributed by atoms with Gasteiger partial charge in [0.1, 0.15) is 5.75 Å². The minimum absolute atomic E-state index is 0.156. The number of carbonyl (C=O) groups is 1. The molecule has 1 aliphatic rings. The van der Waals surface area contributed by atoms with Crippen LogP contribution in [-0.4, -0.2) is 25.1 Å². The molecule has 0 bridgehead atoms. The molecule has 0 saturated carbocycles. The Labute approximate surface area is 161 Å². The number of fused-ring (bicyclic) bond motifs is 1. The number of para-hydroxylation sites is 1. The molecule has 3 rings (SSSR count). The van der Waals surface area contributed by atoms with Crippen LogP contribution in [0.1, 0.15) is 44.7 Å². The van der Waals surface area contributed by atoms with Gasteiger partial charge in [-0.3, -0.25) is 4.79 Å². The van der Waals surface area contributed by atoms with Gasteiger partial charge in [0.05, 0.1) is 12.6 Å². The molecule has 2 atom stereocenters. The number of hydrogen-bond acceptors (Lipinski definition) is 4. The van der Waals surface area contributed by atoms with E-state index in [4.69, 9.17) is 10.5 Å². The SMILES string of the molecule is CCC(=O)N1c2ccccc2[C@H](Nc2ccc(OCCCN)cc2)C[C@@H]1C. The minimum Gasteiger partial charge on any atom is -0.494 e. The maximum Gasteiger partial charge on any atom is 0.226 e. The van der Waals surface area contributed by atoms with Crippen LogP contribution in [0.25, 0.3) is 0 Å². The van der Waals surface area contributed by atoms with Gasteiger partial charge in [-0.1, -0.05) is 25.1 Å². The first kappa shape index (κ1) is 19.2. The average molecular weight is 367 g/mol. The molecule has 5 nitrogen and oxygen atoms in total. The van der Waals surface area contributed by atoms with Crippen LogP contribution in [0.5, 0.6) is 5.75 Å². The Kier molecular flexibility index (Phi) is 6.35. The highest BCUT2D eigenvalue weighted by Crippen LogP contribution is 2.39. The second kappa shape index (κ2) is 8.91. The lowest BCUT2D eigenvalue weighted by Crippen LogP contribution is -2.44. The van der Waals surface area contributed by atoms with Crippen LogP contribution in [0.15, 0.2) is 48.5 Å². The minimum atomic E-state index is 0.156. The third-order valence-electron chi connectivity index (χ3n) is 4.97. The molecule has 1 heterocycles. The van der Waals surface area contributed by atoms with Crippen molar-refractivity contribution in [3.05, 3.63) is 54.1 Å². The fourth-order valence-corrected chi connectivity index (χ4v) is 3.62. The molecule has 1 amide bonds. The van der Waals surface area contributed by atoms with Crippen LogP contribution in [-0.2, 0) is 4.79 Å². The number of anilines is 2. The maximum absolute atomic E-state index is 12.4. The summed E-state index contributed by atoms with van der Waals surface area (Å²) in [4.78, 5) is 14.4. The van der Waals surface area contributed by atoms with E-state index in [1.807, 2.05) is 54.3 Å². The first-order valence-electron chi connectivity index (χ1n) is 9.74. The Morgan fingerprint density at radius 3 is 2.67 bits per heavy atom. The van der Waals surface area contributed by atoms with Gasteiger partial charge >= 0.3 is 0 Å². The van der Waals surface area contributed by atoms with Crippen molar-refractivity contribution in [2.75, 3.05) is 23.4 Å². The van der Waals surface area contributed by atoms with Crippen LogP contribution < -0.4 is 20.7 Å². The zero-order valence-corrected chi connectivity index (χ0v) is 16.2. The van der Waals surface area contributed by atoms with Crippen molar-refractivity contribution < 1.29 is 9.53 Å². The lowest BCUT2D eigenvalue weighted by Gasteiger charge is -2.40. The number of hydrogen-bond donors (Lipinski definition) is 2. The van der Waals surface area contributed by atoms with Gasteiger partial charge in [-0.15, -0.1) is 0 Å². The molecule has 2 aromatic rings. The highest BCUT2D eigenvalue weighted by atomic mass is 16.5. The van der Waals surface area contributed by atoms with E-state index in [9.17, 15) is 4.79 Å². The van der Waals surface area contributed by atoms with Crippen molar-refractivity contribution in [2.24, 2.45) is 5.73 Å². The summed E-state index contributed by atoms with van der Waals surface area (Å²) in [6.07, 6.45) is 2.24. The molecule has 3 N–H and O–H groups in total. The predicted molar refractivity (Wildman–Crippen MR) is 110 cm³/mol. The van der Waals surface area contributed by atoms with Crippen molar-refractivity contribution in [1.82, 2.24) is 0 Å². The fraction of sp³-hybridized carbons (Fsp3) is 0.409. The van der Waals surface area contributed by atoms with Crippen LogP contribution in [0.3, 0.4) is 0 Å². The van der Waals surface area contributed by atoms with Crippen LogP contribution in [0, 0.1) is 0 Å². The maximum atomic E-state index is 12.4. The summed E-state index contributed by atoms with van der Waals surface area (Å²) < 4.78 is 5.67. The van der Waals surface area contributed by atoms with E-state index in [0.717, 1.165) is 30.0 Å². The van der Waals surface area contributed by atoms with Crippen molar-refractivity contribution in [3.63, 3.8) is 0 Å². The highest BCUT2D eigenvalue weighted by molar-refractivity contribution is 5.95. The van der Waals surface area contributed by atoms with Crippen LogP contribution >= 0.6 is 0 Å². The number of nitrogens with one attached hydrogen (secondary N) is 1. The second-order valence-electron chi connectivity index (χ2n) is 6.97. The van der Waals surface area contributed by atoms with Crippen molar-refractivity contribution in [3.8, 4) is 5.75 Å². The quantitative estimate of drug-likeness (QED) is 0.723. The van der Waals surface area contributed by atoms with Gasteiger partial charge in [0.2, 0.25) is 5.91 Å². The number of benzene rings is 2. The van der Waals surface area contributed by atoms with Gasteiger partial charge in [-0.2, -0.15) is 0 Å². The van der Waals surface area contributed by atoms with Crippen LogP contribution in [0.4, 0.5) is 11.4 Å². The largest absolute Gasteiger partial charge is 0.494 e. The monoisotopic (exact) mass is 367 g/mol. The number of carbonyl (C=O) groups excluding carboxylic acids is 1. The second-order valence-corrected chi connectivity index (χ2v) is 6.97. The molecular weight excluding hydrogens is 338 g/mol. The highest BCUT2D eigenvalue weighted by Gasteiger charge is 2.32. The van der Waals surface area contributed by atoms with Gasteiger partial charge in [0, 0.05) is 23.8 Å². The van der Waals surface area contributed by atoms with E-state index >= 15 is 0 Å². The van der Waals surface area contributed by atoms with Gasteiger partial charge in [-0.25, -0.2) is 0 Å². The van der Waals surface area contributed by atoms with Gasteiger partial charge in [-0.05, 0) is 62.2 Å². The number of ether oxygens (including phenoxy) is 1. The molecule has 0 spiro atoms. The summed E-state index contributed by atoms with van der Waals surface area (Å²) in [5, 5.41) is 3.63. The topological polar surface area (TPSA) is 67.6 Å². The standard InChI is InChI=1S/C22H29N3O2/c1-3-22(26)25-16(2)15-20(19-7-4-5-8-21(19)25)24-17-9-11-18(12-10-17)27-14-6-13-23/h4-5,7-12,16,20,24H,3,6,13-15,23H2,1-2H3/t16-,20+/m0/s1. The Hall–Kier alpha value is -2.53. The number of rotatable bonds is 7. The number of amides is 1. The van der Waals surface area contributed by atoms with E-state index in [-0.39, 0.29) is 18.0 Å². The predicted octanol–water partition coefficient (Wildman–Crippen LogP) is 4.10. The average Bonchev–Trinajstić information content (AvgIpc) is 2.69. The van der Waals surface area contributed by atoms with E-state index in [1.54, 1.807) is 0 Å².